The van der Waals surface area contributed by atoms with E-state index in [-0.39, 0.29) is 16.2 Å². The van der Waals surface area contributed by atoms with Gasteiger partial charge < -0.3 is 15.5 Å². The maximum atomic E-state index is 14.0. The van der Waals surface area contributed by atoms with Crippen molar-refractivity contribution in [2.45, 2.75) is 12.8 Å². The largest absolute Gasteiger partial charge is 0.389 e. The first-order valence-electron chi connectivity index (χ1n) is 6.72. The van der Waals surface area contributed by atoms with Crippen molar-refractivity contribution in [2.24, 2.45) is 5.73 Å². The molecule has 2 N–H and O–H groups in total. The summed E-state index contributed by atoms with van der Waals surface area (Å²) in [6.07, 6.45) is 2.44. The number of likely N-dealkylation sites (tertiary alicyclic amines) is 1. The zero-order chi connectivity index (χ0) is 14.7. The third-order valence-electron chi connectivity index (χ3n) is 3.69. The van der Waals surface area contributed by atoms with Gasteiger partial charge in [0.05, 0.1) is 5.69 Å². The van der Waals surface area contributed by atoms with Gasteiger partial charge in [0.1, 0.15) is 4.99 Å². The average Bonchev–Trinajstić information content (AvgIpc) is 2.92. The van der Waals surface area contributed by atoms with Crippen LogP contribution in [0.3, 0.4) is 0 Å². The number of hydrogen-bond donors (Lipinski definition) is 1. The zero-order valence-electron chi connectivity index (χ0n) is 11.5. The Balaban J connectivity index is 2.07. The van der Waals surface area contributed by atoms with Crippen LogP contribution in [0, 0.1) is 11.6 Å². The van der Waals surface area contributed by atoms with Crippen molar-refractivity contribution < 1.29 is 8.78 Å². The SMILES string of the molecule is CN(CCN1CCCC1)c1ccc(C(N)=S)c(F)c1F. The van der Waals surface area contributed by atoms with E-state index >= 15 is 0 Å². The van der Waals surface area contributed by atoms with E-state index in [1.165, 1.54) is 25.0 Å². The molecule has 1 aromatic rings. The van der Waals surface area contributed by atoms with Gasteiger partial charge in [-0.3, -0.25) is 0 Å². The van der Waals surface area contributed by atoms with Crippen LogP contribution in [0.2, 0.25) is 0 Å². The highest BCUT2D eigenvalue weighted by Gasteiger charge is 2.18. The Morgan fingerprint density at radius 1 is 1.30 bits per heavy atom. The van der Waals surface area contributed by atoms with Crippen molar-refractivity contribution >= 4 is 22.9 Å². The fraction of sp³-hybridized carbons (Fsp3) is 0.500. The summed E-state index contributed by atoms with van der Waals surface area (Å²) in [6.45, 7) is 3.69. The number of thiocarbonyl (C=S) groups is 1. The lowest BCUT2D eigenvalue weighted by Crippen LogP contribution is -2.32. The molecule has 1 saturated heterocycles. The summed E-state index contributed by atoms with van der Waals surface area (Å²) in [5.41, 5.74) is 5.55. The van der Waals surface area contributed by atoms with Crippen LogP contribution < -0.4 is 10.6 Å². The quantitative estimate of drug-likeness (QED) is 0.844. The molecule has 0 radical (unpaired) electrons. The summed E-state index contributed by atoms with van der Waals surface area (Å²) >= 11 is 4.69. The molecule has 20 heavy (non-hydrogen) atoms. The van der Waals surface area contributed by atoms with Gasteiger partial charge in [0.25, 0.3) is 0 Å². The van der Waals surface area contributed by atoms with Crippen molar-refractivity contribution in [3.63, 3.8) is 0 Å². The molecule has 110 valence electrons. The molecule has 0 amide bonds. The minimum Gasteiger partial charge on any atom is -0.389 e. The lowest BCUT2D eigenvalue weighted by Gasteiger charge is -2.24. The highest BCUT2D eigenvalue weighted by atomic mass is 32.1. The van der Waals surface area contributed by atoms with Crippen LogP contribution >= 0.6 is 12.2 Å². The van der Waals surface area contributed by atoms with Crippen molar-refractivity contribution in [3.8, 4) is 0 Å². The number of anilines is 1. The second-order valence-electron chi connectivity index (χ2n) is 5.09. The number of halogens is 2. The number of nitrogens with zero attached hydrogens (tertiary/aromatic N) is 2. The molecule has 0 unspecified atom stereocenters. The third-order valence-corrected chi connectivity index (χ3v) is 3.91. The van der Waals surface area contributed by atoms with Crippen molar-refractivity contribution in [1.82, 2.24) is 4.90 Å². The molecule has 0 bridgehead atoms. The van der Waals surface area contributed by atoms with Gasteiger partial charge in [-0.05, 0) is 38.1 Å². The van der Waals surface area contributed by atoms with E-state index in [1.54, 1.807) is 11.9 Å². The minimum atomic E-state index is -0.969. The van der Waals surface area contributed by atoms with Gasteiger partial charge in [0.15, 0.2) is 11.6 Å². The summed E-state index contributed by atoms with van der Waals surface area (Å²) in [4.78, 5) is 3.92. The van der Waals surface area contributed by atoms with E-state index in [0.717, 1.165) is 19.6 Å². The fourth-order valence-corrected chi connectivity index (χ4v) is 2.60. The van der Waals surface area contributed by atoms with Gasteiger partial charge in [-0.2, -0.15) is 0 Å². The number of likely N-dealkylation sites (N-methyl/N-ethyl adjacent to an activating group) is 1. The Morgan fingerprint density at radius 2 is 1.95 bits per heavy atom. The Labute approximate surface area is 123 Å². The molecule has 0 atom stereocenters. The Kier molecular flexibility index (Phi) is 4.88. The molecule has 1 fully saturated rings. The van der Waals surface area contributed by atoms with Gasteiger partial charge in [-0.1, -0.05) is 12.2 Å². The van der Waals surface area contributed by atoms with Crippen LogP contribution in [0.5, 0.6) is 0 Å². The number of nitrogens with two attached hydrogens (primary N) is 1. The topological polar surface area (TPSA) is 32.5 Å². The first-order valence-corrected chi connectivity index (χ1v) is 7.13. The normalized spacial score (nSPS) is 15.6. The Bertz CT molecular complexity index is 501. The lowest BCUT2D eigenvalue weighted by molar-refractivity contribution is 0.346. The molecule has 6 heteroatoms. The molecule has 1 aliphatic heterocycles. The van der Waals surface area contributed by atoms with Gasteiger partial charge in [0, 0.05) is 25.7 Å². The molecule has 0 aromatic heterocycles. The summed E-state index contributed by atoms with van der Waals surface area (Å²) < 4.78 is 27.9. The van der Waals surface area contributed by atoms with E-state index in [9.17, 15) is 8.78 Å². The predicted molar refractivity (Wildman–Crippen MR) is 81.2 cm³/mol. The predicted octanol–water partition coefficient (Wildman–Crippen LogP) is 2.13. The monoisotopic (exact) mass is 299 g/mol. The van der Waals surface area contributed by atoms with Crippen molar-refractivity contribution in [3.05, 3.63) is 29.3 Å². The van der Waals surface area contributed by atoms with Crippen LogP contribution in [0.25, 0.3) is 0 Å². The summed E-state index contributed by atoms with van der Waals surface area (Å²) in [7, 11) is 1.76. The zero-order valence-corrected chi connectivity index (χ0v) is 12.3. The van der Waals surface area contributed by atoms with Crippen LogP contribution in [-0.2, 0) is 0 Å². The smallest absolute Gasteiger partial charge is 0.182 e. The molecule has 0 spiro atoms. The average molecular weight is 299 g/mol. The maximum Gasteiger partial charge on any atom is 0.182 e. The van der Waals surface area contributed by atoms with E-state index in [2.05, 4.69) is 4.90 Å². The first kappa shape index (κ1) is 15.1. The van der Waals surface area contributed by atoms with Crippen LogP contribution in [0.1, 0.15) is 18.4 Å². The molecule has 1 aromatic carbocycles. The van der Waals surface area contributed by atoms with E-state index < -0.39 is 11.6 Å². The maximum absolute atomic E-state index is 14.0. The summed E-state index contributed by atoms with van der Waals surface area (Å²) in [5, 5.41) is 0. The van der Waals surface area contributed by atoms with Crippen LogP contribution in [-0.4, -0.2) is 43.1 Å². The minimum absolute atomic E-state index is 0.0470. The number of hydrogen-bond acceptors (Lipinski definition) is 3. The van der Waals surface area contributed by atoms with Gasteiger partial charge >= 0.3 is 0 Å². The van der Waals surface area contributed by atoms with E-state index in [0.29, 0.717) is 6.54 Å². The third kappa shape index (κ3) is 3.24. The van der Waals surface area contributed by atoms with Crippen molar-refractivity contribution in [1.29, 1.82) is 0 Å². The Hall–Kier alpha value is -1.27. The fourth-order valence-electron chi connectivity index (χ4n) is 2.44. The lowest BCUT2D eigenvalue weighted by atomic mass is 10.1. The summed E-state index contributed by atoms with van der Waals surface area (Å²) in [6, 6.07) is 2.96. The van der Waals surface area contributed by atoms with Gasteiger partial charge in [0.2, 0.25) is 0 Å². The van der Waals surface area contributed by atoms with Crippen molar-refractivity contribution in [2.75, 3.05) is 38.1 Å². The van der Waals surface area contributed by atoms with E-state index in [1.807, 2.05) is 0 Å². The Morgan fingerprint density at radius 3 is 2.55 bits per heavy atom. The first-order chi connectivity index (χ1) is 9.50. The molecule has 1 aliphatic rings. The highest BCUT2D eigenvalue weighted by Crippen LogP contribution is 2.23. The van der Waals surface area contributed by atoms with Crippen LogP contribution in [0.4, 0.5) is 14.5 Å². The molecule has 1 heterocycles. The highest BCUT2D eigenvalue weighted by molar-refractivity contribution is 7.80. The second kappa shape index (κ2) is 6.45. The number of rotatable bonds is 5. The summed E-state index contributed by atoms with van der Waals surface area (Å²) in [5.74, 6) is -1.86. The van der Waals surface area contributed by atoms with Gasteiger partial charge in [-0.25, -0.2) is 8.78 Å². The van der Waals surface area contributed by atoms with E-state index in [4.69, 9.17) is 18.0 Å². The second-order valence-corrected chi connectivity index (χ2v) is 5.53. The van der Waals surface area contributed by atoms with Crippen LogP contribution in [0.15, 0.2) is 12.1 Å². The number of benzene rings is 1. The van der Waals surface area contributed by atoms with Gasteiger partial charge in [-0.15, -0.1) is 0 Å². The molecule has 2 rings (SSSR count). The standard InChI is InChI=1S/C14H19F2N3S/c1-18(8-9-19-6-2-3-7-19)11-5-4-10(14(17)20)12(15)13(11)16/h4-5H,2-3,6-9H2,1H3,(H2,17,20). The molecule has 0 aliphatic carbocycles. The molecule has 0 saturated carbocycles. The molecule has 3 nitrogen and oxygen atoms in total. The molecular formula is C14H19F2N3S. The molecular weight excluding hydrogens is 280 g/mol.